The topological polar surface area (TPSA) is 86.9 Å². The Hall–Kier alpha value is -2.00. The van der Waals surface area contributed by atoms with Gasteiger partial charge in [0.1, 0.15) is 11.6 Å². The lowest BCUT2D eigenvalue weighted by Gasteiger charge is -2.08. The van der Waals surface area contributed by atoms with Crippen LogP contribution in [0.2, 0.25) is 0 Å². The summed E-state index contributed by atoms with van der Waals surface area (Å²) in [5.41, 5.74) is 0.212. The summed E-state index contributed by atoms with van der Waals surface area (Å²) in [6.45, 7) is 0.282. The van der Waals surface area contributed by atoms with Gasteiger partial charge in [0, 0.05) is 18.2 Å². The molecule has 0 saturated carbocycles. The number of aromatic nitrogens is 2. The Labute approximate surface area is 114 Å². The third-order valence-corrected chi connectivity index (χ3v) is 3.82. The lowest BCUT2D eigenvalue weighted by molar-refractivity contribution is 0.583. The molecule has 2 aromatic rings. The number of hydrogen-bond acceptors (Lipinski definition) is 4. The van der Waals surface area contributed by atoms with Crippen LogP contribution in [0.5, 0.6) is 0 Å². The first-order valence-electron chi connectivity index (χ1n) is 5.58. The predicted octanol–water partition coefficient (Wildman–Crippen LogP) is 1.21. The summed E-state index contributed by atoms with van der Waals surface area (Å²) in [6.07, 6.45) is 1.36. The first-order chi connectivity index (χ1) is 9.42. The standard InChI is InChI=1S/C11H12F2N4O2S/c1-14-5-7-6-15-16-11(7)20(18,19)17-10-3-8(12)2-9(13)4-10/h2-4,6,14,17H,5H2,1H3,(H,15,16). The molecule has 0 aliphatic heterocycles. The Bertz CT molecular complexity index is 695. The molecule has 9 heteroatoms. The normalized spacial score (nSPS) is 11.6. The lowest BCUT2D eigenvalue weighted by Crippen LogP contribution is -2.17. The number of sulfonamides is 1. The highest BCUT2D eigenvalue weighted by atomic mass is 32.2. The van der Waals surface area contributed by atoms with Gasteiger partial charge in [-0.2, -0.15) is 13.5 Å². The molecule has 2 rings (SSSR count). The summed E-state index contributed by atoms with van der Waals surface area (Å²) in [7, 11) is -2.35. The van der Waals surface area contributed by atoms with Crippen LogP contribution in [-0.2, 0) is 16.6 Å². The predicted molar refractivity (Wildman–Crippen MR) is 68.5 cm³/mol. The van der Waals surface area contributed by atoms with Gasteiger partial charge in [-0.15, -0.1) is 0 Å². The Kier molecular flexibility index (Phi) is 4.00. The fourth-order valence-corrected chi connectivity index (χ4v) is 2.84. The maximum atomic E-state index is 13.0. The van der Waals surface area contributed by atoms with Crippen molar-refractivity contribution in [2.45, 2.75) is 11.6 Å². The Morgan fingerprint density at radius 1 is 1.25 bits per heavy atom. The average Bonchev–Trinajstić information content (AvgIpc) is 2.76. The SMILES string of the molecule is CNCc1cn[nH]c1S(=O)(=O)Nc1cc(F)cc(F)c1. The molecule has 0 aliphatic carbocycles. The van der Waals surface area contributed by atoms with Gasteiger partial charge in [0.15, 0.2) is 5.03 Å². The minimum Gasteiger partial charge on any atom is -0.316 e. The van der Waals surface area contributed by atoms with Crippen LogP contribution in [-0.4, -0.2) is 25.7 Å². The average molecular weight is 302 g/mol. The summed E-state index contributed by atoms with van der Waals surface area (Å²) in [4.78, 5) is 0. The zero-order valence-electron chi connectivity index (χ0n) is 10.4. The van der Waals surface area contributed by atoms with Crippen LogP contribution >= 0.6 is 0 Å². The Morgan fingerprint density at radius 3 is 2.50 bits per heavy atom. The number of aromatic amines is 1. The van der Waals surface area contributed by atoms with E-state index in [1.54, 1.807) is 7.05 Å². The lowest BCUT2D eigenvalue weighted by atomic mass is 10.3. The van der Waals surface area contributed by atoms with Crippen molar-refractivity contribution < 1.29 is 17.2 Å². The fraction of sp³-hybridized carbons (Fsp3) is 0.182. The molecule has 0 aliphatic rings. The molecule has 0 bridgehead atoms. The van der Waals surface area contributed by atoms with Gasteiger partial charge in [-0.3, -0.25) is 9.82 Å². The first kappa shape index (κ1) is 14.4. The second kappa shape index (κ2) is 5.55. The van der Waals surface area contributed by atoms with Gasteiger partial charge >= 0.3 is 0 Å². The quantitative estimate of drug-likeness (QED) is 0.775. The molecule has 1 aromatic heterocycles. The van der Waals surface area contributed by atoms with E-state index < -0.39 is 21.7 Å². The molecule has 0 spiro atoms. The molecule has 108 valence electrons. The Balaban J connectivity index is 2.33. The van der Waals surface area contributed by atoms with E-state index in [0.29, 0.717) is 11.6 Å². The molecular formula is C11H12F2N4O2S. The maximum absolute atomic E-state index is 13.0. The van der Waals surface area contributed by atoms with E-state index in [4.69, 9.17) is 0 Å². The second-order valence-electron chi connectivity index (χ2n) is 4.02. The number of nitrogens with one attached hydrogen (secondary N) is 3. The third kappa shape index (κ3) is 3.11. The van der Waals surface area contributed by atoms with Gasteiger partial charge in [-0.25, -0.2) is 8.78 Å². The van der Waals surface area contributed by atoms with Crippen LogP contribution in [0.3, 0.4) is 0 Å². The number of hydrogen-bond donors (Lipinski definition) is 3. The van der Waals surface area contributed by atoms with Crippen molar-refractivity contribution >= 4 is 15.7 Å². The van der Waals surface area contributed by atoms with Crippen molar-refractivity contribution in [1.29, 1.82) is 0 Å². The van der Waals surface area contributed by atoms with Crippen LogP contribution < -0.4 is 10.0 Å². The van der Waals surface area contributed by atoms with Crippen molar-refractivity contribution in [3.8, 4) is 0 Å². The van der Waals surface area contributed by atoms with Crippen molar-refractivity contribution in [3.05, 3.63) is 41.6 Å². The maximum Gasteiger partial charge on any atom is 0.279 e. The van der Waals surface area contributed by atoms with Crippen LogP contribution in [0.25, 0.3) is 0 Å². The van der Waals surface area contributed by atoms with E-state index in [-0.39, 0.29) is 17.3 Å². The molecule has 0 saturated heterocycles. The number of benzene rings is 1. The minimum absolute atomic E-state index is 0.156. The molecule has 0 atom stereocenters. The van der Waals surface area contributed by atoms with E-state index in [1.165, 1.54) is 6.20 Å². The largest absolute Gasteiger partial charge is 0.316 e. The van der Waals surface area contributed by atoms with Gasteiger partial charge in [0.05, 0.1) is 11.9 Å². The summed E-state index contributed by atoms with van der Waals surface area (Å²) in [5.74, 6) is -1.74. The van der Waals surface area contributed by atoms with Crippen LogP contribution in [0.1, 0.15) is 5.56 Å². The van der Waals surface area contributed by atoms with Crippen molar-refractivity contribution in [1.82, 2.24) is 15.5 Å². The highest BCUT2D eigenvalue weighted by Crippen LogP contribution is 2.19. The number of H-pyrrole nitrogens is 1. The van der Waals surface area contributed by atoms with E-state index in [2.05, 4.69) is 20.2 Å². The molecule has 1 aromatic carbocycles. The molecule has 0 fully saturated rings. The summed E-state index contributed by atoms with van der Waals surface area (Å²) >= 11 is 0. The highest BCUT2D eigenvalue weighted by Gasteiger charge is 2.21. The second-order valence-corrected chi connectivity index (χ2v) is 5.64. The zero-order chi connectivity index (χ0) is 14.8. The molecule has 6 nitrogen and oxygen atoms in total. The van der Waals surface area contributed by atoms with Crippen molar-refractivity contribution in [3.63, 3.8) is 0 Å². The number of nitrogens with zero attached hydrogens (tertiary/aromatic N) is 1. The molecular weight excluding hydrogens is 290 g/mol. The number of anilines is 1. The van der Waals surface area contributed by atoms with E-state index in [9.17, 15) is 17.2 Å². The van der Waals surface area contributed by atoms with Crippen LogP contribution in [0.15, 0.2) is 29.4 Å². The molecule has 3 N–H and O–H groups in total. The highest BCUT2D eigenvalue weighted by molar-refractivity contribution is 7.92. The molecule has 0 amide bonds. The van der Waals surface area contributed by atoms with Crippen LogP contribution in [0, 0.1) is 11.6 Å². The van der Waals surface area contributed by atoms with Crippen LogP contribution in [0.4, 0.5) is 14.5 Å². The van der Waals surface area contributed by atoms with Gasteiger partial charge in [-0.1, -0.05) is 0 Å². The van der Waals surface area contributed by atoms with Crippen molar-refractivity contribution in [2.24, 2.45) is 0 Å². The summed E-state index contributed by atoms with van der Waals surface area (Å²) in [5, 5.41) is 8.64. The summed E-state index contributed by atoms with van der Waals surface area (Å²) < 4.78 is 52.4. The van der Waals surface area contributed by atoms with Gasteiger partial charge in [-0.05, 0) is 19.2 Å². The third-order valence-electron chi connectivity index (χ3n) is 2.43. The van der Waals surface area contributed by atoms with E-state index in [0.717, 1.165) is 12.1 Å². The van der Waals surface area contributed by atoms with E-state index >= 15 is 0 Å². The van der Waals surface area contributed by atoms with E-state index in [1.807, 2.05) is 0 Å². The Morgan fingerprint density at radius 2 is 1.90 bits per heavy atom. The first-order valence-corrected chi connectivity index (χ1v) is 7.06. The van der Waals surface area contributed by atoms with Crippen molar-refractivity contribution in [2.75, 3.05) is 11.8 Å². The summed E-state index contributed by atoms with van der Waals surface area (Å²) in [6, 6.07) is 2.42. The fourth-order valence-electron chi connectivity index (χ4n) is 1.67. The smallest absolute Gasteiger partial charge is 0.279 e. The molecule has 0 unspecified atom stereocenters. The monoisotopic (exact) mass is 302 g/mol. The molecule has 0 radical (unpaired) electrons. The minimum atomic E-state index is -4.00. The van der Waals surface area contributed by atoms with Gasteiger partial charge in [0.2, 0.25) is 0 Å². The molecule has 1 heterocycles. The number of halogens is 2. The zero-order valence-corrected chi connectivity index (χ0v) is 11.3. The molecule has 20 heavy (non-hydrogen) atoms. The number of rotatable bonds is 5. The van der Waals surface area contributed by atoms with Gasteiger partial charge in [0.25, 0.3) is 10.0 Å². The van der Waals surface area contributed by atoms with Gasteiger partial charge < -0.3 is 5.32 Å².